The molecule has 5 nitrogen and oxygen atoms in total. The normalized spacial score (nSPS) is 9.85. The minimum atomic E-state index is -0.260. The molecule has 6 heteroatoms. The number of halogens is 1. The van der Waals surface area contributed by atoms with Gasteiger partial charge in [0.1, 0.15) is 5.82 Å². The number of nitrogen functional groups attached to an aromatic ring is 1. The predicted octanol–water partition coefficient (Wildman–Crippen LogP) is 2.47. The highest BCUT2D eigenvalue weighted by Crippen LogP contribution is 2.20. The average molecular weight is 287 g/mol. The topological polar surface area (TPSA) is 83.0 Å². The number of nitrogens with zero attached hydrogens (tertiary/aromatic N) is 3. The van der Waals surface area contributed by atoms with E-state index in [-0.39, 0.29) is 16.7 Å². The van der Waals surface area contributed by atoms with Crippen LogP contribution in [0.2, 0.25) is 5.02 Å². The first-order chi connectivity index (χ1) is 9.52. The van der Waals surface area contributed by atoms with Gasteiger partial charge in [-0.15, -0.1) is 0 Å². The van der Waals surface area contributed by atoms with Crippen molar-refractivity contribution in [3.8, 4) is 6.07 Å². The van der Waals surface area contributed by atoms with Crippen LogP contribution in [0.5, 0.6) is 0 Å². The molecular weight excluding hydrogens is 276 g/mol. The highest BCUT2D eigenvalue weighted by Gasteiger charge is 2.15. The van der Waals surface area contributed by atoms with Crippen LogP contribution in [0.3, 0.4) is 0 Å². The Labute approximate surface area is 121 Å². The lowest BCUT2D eigenvalue weighted by Gasteiger charge is -2.17. The molecule has 100 valence electrons. The molecule has 2 rings (SSSR count). The number of aromatic nitrogens is 1. The Morgan fingerprint density at radius 2 is 2.05 bits per heavy atom. The van der Waals surface area contributed by atoms with Crippen LogP contribution in [-0.4, -0.2) is 17.9 Å². The van der Waals surface area contributed by atoms with Crippen LogP contribution in [-0.2, 0) is 0 Å². The number of hydrogen-bond donors (Lipinski definition) is 1. The first kappa shape index (κ1) is 13.8. The van der Waals surface area contributed by atoms with Gasteiger partial charge in [-0.3, -0.25) is 4.79 Å². The van der Waals surface area contributed by atoms with Crippen LogP contribution in [0, 0.1) is 11.3 Å². The van der Waals surface area contributed by atoms with E-state index in [1.54, 1.807) is 31.3 Å². The van der Waals surface area contributed by atoms with Crippen molar-refractivity contribution in [3.63, 3.8) is 0 Å². The van der Waals surface area contributed by atoms with E-state index in [4.69, 9.17) is 22.6 Å². The summed E-state index contributed by atoms with van der Waals surface area (Å²) in [6, 6.07) is 10.2. The fraction of sp³-hybridized carbons (Fsp3) is 0.0714. The van der Waals surface area contributed by atoms with Crippen LogP contribution < -0.4 is 10.6 Å². The third-order valence-electron chi connectivity index (χ3n) is 2.80. The molecule has 0 aliphatic heterocycles. The lowest BCUT2D eigenvalue weighted by atomic mass is 10.2. The van der Waals surface area contributed by atoms with E-state index in [0.29, 0.717) is 16.8 Å². The number of nitriles is 1. The van der Waals surface area contributed by atoms with Crippen LogP contribution in [0.15, 0.2) is 36.5 Å². The van der Waals surface area contributed by atoms with Crippen LogP contribution in [0.4, 0.5) is 11.5 Å². The van der Waals surface area contributed by atoms with Gasteiger partial charge in [-0.25, -0.2) is 4.98 Å². The Balaban J connectivity index is 2.27. The van der Waals surface area contributed by atoms with Crippen LogP contribution >= 0.6 is 11.6 Å². The van der Waals surface area contributed by atoms with E-state index in [1.807, 2.05) is 6.07 Å². The third-order valence-corrected chi connectivity index (χ3v) is 3.11. The molecule has 20 heavy (non-hydrogen) atoms. The van der Waals surface area contributed by atoms with Crippen molar-refractivity contribution < 1.29 is 4.79 Å². The molecule has 2 N–H and O–H groups in total. The fourth-order valence-corrected chi connectivity index (χ4v) is 1.80. The fourth-order valence-electron chi connectivity index (χ4n) is 1.64. The average Bonchev–Trinajstić information content (AvgIpc) is 2.48. The molecule has 1 aromatic heterocycles. The van der Waals surface area contributed by atoms with Crippen LogP contribution in [0.25, 0.3) is 0 Å². The minimum absolute atomic E-state index is 0.184. The van der Waals surface area contributed by atoms with Crippen molar-refractivity contribution in [2.24, 2.45) is 0 Å². The van der Waals surface area contributed by atoms with E-state index >= 15 is 0 Å². The molecule has 1 aromatic carbocycles. The quantitative estimate of drug-likeness (QED) is 0.919. The summed E-state index contributed by atoms with van der Waals surface area (Å²) < 4.78 is 0. The third kappa shape index (κ3) is 2.71. The van der Waals surface area contributed by atoms with Crippen molar-refractivity contribution in [1.82, 2.24) is 4.98 Å². The summed E-state index contributed by atoms with van der Waals surface area (Å²) in [4.78, 5) is 17.6. The molecule has 0 radical (unpaired) electrons. The Morgan fingerprint density at radius 1 is 1.40 bits per heavy atom. The number of benzene rings is 1. The zero-order valence-corrected chi connectivity index (χ0v) is 11.4. The SMILES string of the molecule is CN(C(=O)c1cnc(N)c(Cl)c1)c1ccc(C#N)cc1. The van der Waals surface area contributed by atoms with Gasteiger partial charge in [0.2, 0.25) is 0 Å². The van der Waals surface area contributed by atoms with Gasteiger partial charge in [0.05, 0.1) is 22.2 Å². The number of pyridine rings is 1. The summed E-state index contributed by atoms with van der Waals surface area (Å²) in [6.07, 6.45) is 1.38. The summed E-state index contributed by atoms with van der Waals surface area (Å²) in [6.45, 7) is 0. The number of carbonyl (C=O) groups is 1. The van der Waals surface area contributed by atoms with Gasteiger partial charge < -0.3 is 10.6 Å². The monoisotopic (exact) mass is 286 g/mol. The molecule has 0 fully saturated rings. The molecule has 1 heterocycles. The standard InChI is InChI=1S/C14H11ClN4O/c1-19(11-4-2-9(7-16)3-5-11)14(20)10-6-12(15)13(17)18-8-10/h2-6,8H,1H3,(H2,17,18). The second-order valence-corrected chi connectivity index (χ2v) is 4.52. The van der Waals surface area contributed by atoms with E-state index in [2.05, 4.69) is 4.98 Å². The summed E-state index contributed by atoms with van der Waals surface area (Å²) in [5, 5.41) is 8.99. The van der Waals surface area contributed by atoms with Gasteiger partial charge in [-0.05, 0) is 30.3 Å². The molecule has 0 atom stereocenters. The summed E-state index contributed by atoms with van der Waals surface area (Å²) in [5.41, 5.74) is 7.06. The molecule has 1 amide bonds. The van der Waals surface area contributed by atoms with E-state index in [9.17, 15) is 4.79 Å². The van der Waals surface area contributed by atoms with Crippen molar-refractivity contribution >= 4 is 29.0 Å². The van der Waals surface area contributed by atoms with Gasteiger partial charge in [-0.2, -0.15) is 5.26 Å². The van der Waals surface area contributed by atoms with Crippen molar-refractivity contribution in [1.29, 1.82) is 5.26 Å². The Bertz CT molecular complexity index is 691. The van der Waals surface area contributed by atoms with E-state index < -0.39 is 0 Å². The van der Waals surface area contributed by atoms with Gasteiger partial charge in [-0.1, -0.05) is 11.6 Å². The molecule has 0 aliphatic rings. The lowest BCUT2D eigenvalue weighted by molar-refractivity contribution is 0.0992. The number of nitrogens with two attached hydrogens (primary N) is 1. The first-order valence-corrected chi connectivity index (χ1v) is 6.10. The van der Waals surface area contributed by atoms with Gasteiger partial charge in [0.25, 0.3) is 5.91 Å². The van der Waals surface area contributed by atoms with Crippen molar-refractivity contribution in [2.45, 2.75) is 0 Å². The second-order valence-electron chi connectivity index (χ2n) is 4.11. The molecule has 0 unspecified atom stereocenters. The smallest absolute Gasteiger partial charge is 0.259 e. The van der Waals surface area contributed by atoms with E-state index in [1.165, 1.54) is 17.2 Å². The van der Waals surface area contributed by atoms with Crippen LogP contribution in [0.1, 0.15) is 15.9 Å². The van der Waals surface area contributed by atoms with Gasteiger partial charge in [0, 0.05) is 18.9 Å². The molecule has 0 aliphatic carbocycles. The Kier molecular flexibility index (Phi) is 3.87. The summed E-state index contributed by atoms with van der Waals surface area (Å²) in [5.74, 6) is -0.0756. The predicted molar refractivity (Wildman–Crippen MR) is 77.5 cm³/mol. The number of rotatable bonds is 2. The van der Waals surface area contributed by atoms with E-state index in [0.717, 1.165) is 0 Å². The Hall–Kier alpha value is -2.58. The molecule has 0 saturated heterocycles. The Morgan fingerprint density at radius 3 is 2.60 bits per heavy atom. The number of carbonyl (C=O) groups excluding carboxylic acids is 1. The van der Waals surface area contributed by atoms with Crippen molar-refractivity contribution in [2.75, 3.05) is 17.7 Å². The van der Waals surface area contributed by atoms with Gasteiger partial charge >= 0.3 is 0 Å². The molecular formula is C14H11ClN4O. The number of anilines is 2. The lowest BCUT2D eigenvalue weighted by Crippen LogP contribution is -2.26. The zero-order chi connectivity index (χ0) is 14.7. The second kappa shape index (κ2) is 5.59. The number of amides is 1. The molecule has 0 spiro atoms. The summed E-state index contributed by atoms with van der Waals surface area (Å²) >= 11 is 5.85. The maximum Gasteiger partial charge on any atom is 0.259 e. The largest absolute Gasteiger partial charge is 0.382 e. The highest BCUT2D eigenvalue weighted by atomic mass is 35.5. The number of hydrogen-bond acceptors (Lipinski definition) is 4. The maximum absolute atomic E-state index is 12.3. The zero-order valence-electron chi connectivity index (χ0n) is 10.7. The van der Waals surface area contributed by atoms with Crippen molar-refractivity contribution in [3.05, 3.63) is 52.7 Å². The highest BCUT2D eigenvalue weighted by molar-refractivity contribution is 6.33. The van der Waals surface area contributed by atoms with Gasteiger partial charge in [0.15, 0.2) is 0 Å². The molecule has 0 bridgehead atoms. The molecule has 2 aromatic rings. The first-order valence-electron chi connectivity index (χ1n) is 5.72. The minimum Gasteiger partial charge on any atom is -0.382 e. The molecule has 0 saturated carbocycles. The maximum atomic E-state index is 12.3. The summed E-state index contributed by atoms with van der Waals surface area (Å²) in [7, 11) is 1.63.